The maximum Gasteiger partial charge on any atom is 0.408 e. The van der Waals surface area contributed by atoms with Crippen LogP contribution in [-0.2, 0) is 17.6 Å². The number of hydrogen-bond acceptors (Lipinski definition) is 4. The molecule has 2 aromatic rings. The number of amides is 1. The molecule has 4 rings (SSSR count). The molecule has 0 bridgehead atoms. The van der Waals surface area contributed by atoms with Crippen LogP contribution < -0.4 is 15.4 Å². The fourth-order valence-electron chi connectivity index (χ4n) is 4.16. The van der Waals surface area contributed by atoms with E-state index >= 15 is 0 Å². The SMILES string of the molecule is CC1Oc2ccc(C(NC(=O)OC(C)(C)C)C3Cc4ccccc4C3)cc2NC1=S. The first-order valence-electron chi connectivity index (χ1n) is 10.4. The van der Waals surface area contributed by atoms with Crippen LogP contribution in [-0.4, -0.2) is 22.8 Å². The van der Waals surface area contributed by atoms with Crippen molar-refractivity contribution in [1.29, 1.82) is 0 Å². The average molecular weight is 425 g/mol. The largest absolute Gasteiger partial charge is 0.481 e. The van der Waals surface area contributed by atoms with Gasteiger partial charge in [-0.05, 0) is 75.3 Å². The molecule has 2 atom stereocenters. The summed E-state index contributed by atoms with van der Waals surface area (Å²) in [6.45, 7) is 7.54. The Morgan fingerprint density at radius 3 is 2.50 bits per heavy atom. The summed E-state index contributed by atoms with van der Waals surface area (Å²) in [7, 11) is 0. The number of carbonyl (C=O) groups excluding carboxylic acids is 1. The zero-order valence-electron chi connectivity index (χ0n) is 17.8. The van der Waals surface area contributed by atoms with Crippen LogP contribution in [0.25, 0.3) is 0 Å². The highest BCUT2D eigenvalue weighted by Crippen LogP contribution is 2.39. The van der Waals surface area contributed by atoms with Crippen LogP contribution in [0.1, 0.15) is 50.4 Å². The number of nitrogens with one attached hydrogen (secondary N) is 2. The molecule has 0 radical (unpaired) electrons. The van der Waals surface area contributed by atoms with Crippen molar-refractivity contribution in [3.8, 4) is 5.75 Å². The van der Waals surface area contributed by atoms with E-state index in [4.69, 9.17) is 21.7 Å². The summed E-state index contributed by atoms with van der Waals surface area (Å²) < 4.78 is 11.4. The molecule has 1 aliphatic heterocycles. The summed E-state index contributed by atoms with van der Waals surface area (Å²) in [4.78, 5) is 13.3. The highest BCUT2D eigenvalue weighted by Gasteiger charge is 2.33. The van der Waals surface area contributed by atoms with Crippen LogP contribution in [0.5, 0.6) is 5.75 Å². The van der Waals surface area contributed by atoms with Gasteiger partial charge in [0.25, 0.3) is 0 Å². The van der Waals surface area contributed by atoms with Crippen molar-refractivity contribution in [2.75, 3.05) is 5.32 Å². The van der Waals surface area contributed by atoms with E-state index in [0.29, 0.717) is 4.99 Å². The molecule has 6 heteroatoms. The molecular weight excluding hydrogens is 396 g/mol. The number of hydrogen-bond donors (Lipinski definition) is 2. The van der Waals surface area contributed by atoms with Crippen LogP contribution in [0.3, 0.4) is 0 Å². The second-order valence-electron chi connectivity index (χ2n) is 9.07. The van der Waals surface area contributed by atoms with E-state index in [-0.39, 0.29) is 18.1 Å². The Balaban J connectivity index is 1.63. The molecule has 0 saturated heterocycles. The number of ether oxygens (including phenoxy) is 2. The monoisotopic (exact) mass is 424 g/mol. The number of carbonyl (C=O) groups is 1. The van der Waals surface area contributed by atoms with E-state index in [1.54, 1.807) is 0 Å². The summed E-state index contributed by atoms with van der Waals surface area (Å²) in [6.07, 6.45) is 1.26. The predicted octanol–water partition coefficient (Wildman–Crippen LogP) is 5.19. The lowest BCUT2D eigenvalue weighted by molar-refractivity contribution is 0.0485. The van der Waals surface area contributed by atoms with E-state index in [1.807, 2.05) is 45.9 Å². The molecule has 0 saturated carbocycles. The minimum absolute atomic E-state index is 0.154. The van der Waals surface area contributed by atoms with Gasteiger partial charge in [-0.15, -0.1) is 0 Å². The van der Waals surface area contributed by atoms with Crippen LogP contribution >= 0.6 is 12.2 Å². The lowest BCUT2D eigenvalue weighted by Gasteiger charge is -2.30. The quantitative estimate of drug-likeness (QED) is 0.664. The molecular formula is C24H28N2O3S. The number of fused-ring (bicyclic) bond motifs is 2. The predicted molar refractivity (Wildman–Crippen MR) is 122 cm³/mol. The van der Waals surface area contributed by atoms with Gasteiger partial charge < -0.3 is 20.1 Å². The zero-order chi connectivity index (χ0) is 21.5. The fourth-order valence-corrected chi connectivity index (χ4v) is 4.31. The molecule has 2 N–H and O–H groups in total. The number of benzene rings is 2. The van der Waals surface area contributed by atoms with E-state index in [9.17, 15) is 4.79 Å². The Kier molecular flexibility index (Phi) is 5.45. The standard InChI is InChI=1S/C24H28N2O3S/c1-14-22(30)25-19-13-17(9-10-20(19)28-14)21(26-23(27)29-24(2,3)4)18-11-15-7-5-6-8-16(15)12-18/h5-10,13-14,18,21H,11-12H2,1-4H3,(H,25,30)(H,26,27). The maximum atomic E-state index is 12.7. The number of anilines is 1. The molecule has 5 nitrogen and oxygen atoms in total. The van der Waals surface area contributed by atoms with E-state index < -0.39 is 11.7 Å². The van der Waals surface area contributed by atoms with Gasteiger partial charge in [-0.1, -0.05) is 42.5 Å². The molecule has 0 fully saturated rings. The minimum atomic E-state index is -0.555. The Bertz CT molecular complexity index is 958. The van der Waals surface area contributed by atoms with Crippen molar-refractivity contribution in [1.82, 2.24) is 5.32 Å². The molecule has 2 unspecified atom stereocenters. The first-order chi connectivity index (χ1) is 14.2. The Morgan fingerprint density at radius 2 is 1.87 bits per heavy atom. The van der Waals surface area contributed by atoms with Gasteiger partial charge in [-0.25, -0.2) is 4.79 Å². The number of alkyl carbamates (subject to hydrolysis) is 1. The van der Waals surface area contributed by atoms with Gasteiger partial charge in [0, 0.05) is 0 Å². The minimum Gasteiger partial charge on any atom is -0.481 e. The normalized spacial score (nSPS) is 19.2. The third-order valence-corrected chi connectivity index (χ3v) is 5.95. The molecule has 0 aromatic heterocycles. The van der Waals surface area contributed by atoms with Gasteiger partial charge in [-0.2, -0.15) is 0 Å². The van der Waals surface area contributed by atoms with Gasteiger partial charge in [0.15, 0.2) is 0 Å². The summed E-state index contributed by atoms with van der Waals surface area (Å²) in [6, 6.07) is 14.3. The van der Waals surface area contributed by atoms with E-state index in [2.05, 4.69) is 34.9 Å². The van der Waals surface area contributed by atoms with Crippen molar-refractivity contribution < 1.29 is 14.3 Å². The van der Waals surface area contributed by atoms with Gasteiger partial charge >= 0.3 is 6.09 Å². The molecule has 2 aromatic carbocycles. The summed E-state index contributed by atoms with van der Waals surface area (Å²) in [5.41, 5.74) is 3.97. The zero-order valence-corrected chi connectivity index (χ0v) is 18.6. The second kappa shape index (κ2) is 7.91. The first kappa shape index (κ1) is 20.7. The summed E-state index contributed by atoms with van der Waals surface area (Å²) >= 11 is 5.37. The molecule has 30 heavy (non-hydrogen) atoms. The molecule has 158 valence electrons. The third-order valence-electron chi connectivity index (χ3n) is 5.52. The molecule has 0 spiro atoms. The first-order valence-corrected chi connectivity index (χ1v) is 10.8. The van der Waals surface area contributed by atoms with E-state index in [0.717, 1.165) is 29.8 Å². The topological polar surface area (TPSA) is 59.6 Å². The van der Waals surface area contributed by atoms with Crippen LogP contribution in [0.15, 0.2) is 42.5 Å². The van der Waals surface area contributed by atoms with Crippen LogP contribution in [0.2, 0.25) is 0 Å². The lowest BCUT2D eigenvalue weighted by Crippen LogP contribution is -2.38. The lowest BCUT2D eigenvalue weighted by atomic mass is 9.90. The van der Waals surface area contributed by atoms with E-state index in [1.165, 1.54) is 11.1 Å². The average Bonchev–Trinajstić information content (AvgIpc) is 3.09. The van der Waals surface area contributed by atoms with Crippen molar-refractivity contribution >= 4 is 29.0 Å². The second-order valence-corrected chi connectivity index (χ2v) is 9.51. The maximum absolute atomic E-state index is 12.7. The summed E-state index contributed by atoms with van der Waals surface area (Å²) in [5, 5.41) is 6.40. The Hall–Kier alpha value is -2.60. The highest BCUT2D eigenvalue weighted by molar-refractivity contribution is 7.80. The number of rotatable bonds is 3. The van der Waals surface area contributed by atoms with Gasteiger partial charge in [-0.3, -0.25) is 0 Å². The van der Waals surface area contributed by atoms with Gasteiger partial charge in [0.2, 0.25) is 0 Å². The van der Waals surface area contributed by atoms with Crippen molar-refractivity contribution in [2.24, 2.45) is 5.92 Å². The Labute approximate surface area is 183 Å². The molecule has 2 aliphatic rings. The molecule has 1 amide bonds. The van der Waals surface area contributed by atoms with Gasteiger partial charge in [0.05, 0.1) is 11.7 Å². The van der Waals surface area contributed by atoms with Crippen molar-refractivity contribution in [2.45, 2.75) is 58.3 Å². The van der Waals surface area contributed by atoms with Crippen molar-refractivity contribution in [3.63, 3.8) is 0 Å². The van der Waals surface area contributed by atoms with Crippen LogP contribution in [0.4, 0.5) is 10.5 Å². The fraction of sp³-hybridized carbons (Fsp3) is 0.417. The van der Waals surface area contributed by atoms with Gasteiger partial charge in [0.1, 0.15) is 22.4 Å². The molecule has 1 aliphatic carbocycles. The highest BCUT2D eigenvalue weighted by atomic mass is 32.1. The molecule has 1 heterocycles. The summed E-state index contributed by atoms with van der Waals surface area (Å²) in [5.74, 6) is 1.01. The smallest absolute Gasteiger partial charge is 0.408 e. The van der Waals surface area contributed by atoms with Crippen molar-refractivity contribution in [3.05, 3.63) is 59.2 Å². The van der Waals surface area contributed by atoms with Crippen LogP contribution in [0, 0.1) is 5.92 Å². The number of thiocarbonyl (C=S) groups is 1. The third kappa shape index (κ3) is 4.43. The Morgan fingerprint density at radius 1 is 1.20 bits per heavy atom.